The van der Waals surface area contributed by atoms with Gasteiger partial charge in [0.05, 0.1) is 16.9 Å². The topological polar surface area (TPSA) is 67.2 Å². The van der Waals surface area contributed by atoms with Crippen LogP contribution < -0.4 is 5.43 Å². The molecule has 1 N–H and O–H groups in total. The zero-order chi connectivity index (χ0) is 19.1. The summed E-state index contributed by atoms with van der Waals surface area (Å²) in [5.41, 5.74) is 6.17. The lowest BCUT2D eigenvalue weighted by molar-refractivity contribution is -0.121. The molecule has 0 aliphatic heterocycles. The first kappa shape index (κ1) is 19.2. The molecule has 2 aromatic heterocycles. The molecule has 0 radical (unpaired) electrons. The SMILES string of the molecule is CC(CBr)CC(=O)NN=C(Cc1ccnc2ccccc12)c1ccccn1. The number of halogens is 1. The maximum absolute atomic E-state index is 12.1. The number of aromatic nitrogens is 2. The number of alkyl halides is 1. The summed E-state index contributed by atoms with van der Waals surface area (Å²) in [5, 5.41) is 6.25. The Morgan fingerprint density at radius 1 is 1.11 bits per heavy atom. The third-order valence-corrected chi connectivity index (χ3v) is 5.28. The number of benzene rings is 1. The Hall–Kier alpha value is -2.60. The Labute approximate surface area is 167 Å². The summed E-state index contributed by atoms with van der Waals surface area (Å²) in [6.45, 7) is 2.01. The van der Waals surface area contributed by atoms with Gasteiger partial charge in [0.15, 0.2) is 0 Å². The second-order valence-electron chi connectivity index (χ2n) is 6.44. The standard InChI is InChI=1S/C21H21BrN4O/c1-15(14-22)12-21(27)26-25-20(19-8-4-5-10-23-19)13-16-9-11-24-18-7-3-2-6-17(16)18/h2-11,15H,12-14H2,1H3,(H,26,27). The number of hydrazone groups is 1. The Kier molecular flexibility index (Phi) is 6.65. The van der Waals surface area contributed by atoms with Crippen molar-refractivity contribution in [1.82, 2.24) is 15.4 Å². The van der Waals surface area contributed by atoms with Gasteiger partial charge < -0.3 is 0 Å². The van der Waals surface area contributed by atoms with Gasteiger partial charge in [0.25, 0.3) is 0 Å². The molecule has 6 heteroatoms. The number of nitrogens with one attached hydrogen (secondary N) is 1. The molecule has 1 aromatic carbocycles. The molecule has 138 valence electrons. The summed E-state index contributed by atoms with van der Waals surface area (Å²) in [6.07, 6.45) is 4.49. The maximum atomic E-state index is 12.1. The third-order valence-electron chi connectivity index (χ3n) is 4.17. The molecule has 1 unspecified atom stereocenters. The highest BCUT2D eigenvalue weighted by molar-refractivity contribution is 9.09. The van der Waals surface area contributed by atoms with E-state index < -0.39 is 0 Å². The van der Waals surface area contributed by atoms with Crippen molar-refractivity contribution in [1.29, 1.82) is 0 Å². The van der Waals surface area contributed by atoms with E-state index in [1.54, 1.807) is 12.4 Å². The number of fused-ring (bicyclic) bond motifs is 1. The molecule has 27 heavy (non-hydrogen) atoms. The average molecular weight is 425 g/mol. The summed E-state index contributed by atoms with van der Waals surface area (Å²) < 4.78 is 0. The number of carbonyl (C=O) groups is 1. The van der Waals surface area contributed by atoms with Crippen LogP contribution in [0.3, 0.4) is 0 Å². The second-order valence-corrected chi connectivity index (χ2v) is 7.08. The number of nitrogens with zero attached hydrogens (tertiary/aromatic N) is 3. The maximum Gasteiger partial charge on any atom is 0.240 e. The van der Waals surface area contributed by atoms with Crippen molar-refractivity contribution in [2.24, 2.45) is 11.0 Å². The molecule has 0 aliphatic carbocycles. The number of rotatable bonds is 7. The molecule has 0 spiro atoms. The summed E-state index contributed by atoms with van der Waals surface area (Å²) in [4.78, 5) is 21.0. The van der Waals surface area contributed by atoms with E-state index in [1.807, 2.05) is 55.5 Å². The molecule has 0 saturated heterocycles. The molecular weight excluding hydrogens is 404 g/mol. The molecule has 0 bridgehead atoms. The molecule has 0 saturated carbocycles. The van der Waals surface area contributed by atoms with Crippen LogP contribution in [0.4, 0.5) is 0 Å². The van der Waals surface area contributed by atoms with Crippen molar-refractivity contribution in [3.05, 3.63) is 72.2 Å². The third kappa shape index (κ3) is 5.20. The van der Waals surface area contributed by atoms with Crippen LogP contribution in [0.25, 0.3) is 10.9 Å². The van der Waals surface area contributed by atoms with Gasteiger partial charge in [0.1, 0.15) is 0 Å². The van der Waals surface area contributed by atoms with Crippen LogP contribution in [-0.4, -0.2) is 26.9 Å². The van der Waals surface area contributed by atoms with E-state index in [2.05, 4.69) is 36.4 Å². The lowest BCUT2D eigenvalue weighted by atomic mass is 10.0. The van der Waals surface area contributed by atoms with Crippen molar-refractivity contribution in [2.45, 2.75) is 19.8 Å². The van der Waals surface area contributed by atoms with Gasteiger partial charge in [0.2, 0.25) is 5.91 Å². The van der Waals surface area contributed by atoms with Crippen LogP contribution in [0.5, 0.6) is 0 Å². The molecule has 2 heterocycles. The van der Waals surface area contributed by atoms with Gasteiger partial charge in [-0.25, -0.2) is 5.43 Å². The molecule has 3 aromatic rings. The molecule has 5 nitrogen and oxygen atoms in total. The second kappa shape index (κ2) is 9.37. The van der Waals surface area contributed by atoms with Crippen molar-refractivity contribution >= 4 is 38.5 Å². The van der Waals surface area contributed by atoms with Gasteiger partial charge in [-0.15, -0.1) is 0 Å². The van der Waals surface area contributed by atoms with Gasteiger partial charge in [-0.1, -0.05) is 47.1 Å². The predicted octanol–water partition coefficient (Wildman–Crippen LogP) is 4.11. The minimum Gasteiger partial charge on any atom is -0.273 e. The smallest absolute Gasteiger partial charge is 0.240 e. The molecule has 1 atom stereocenters. The Morgan fingerprint density at radius 2 is 1.93 bits per heavy atom. The van der Waals surface area contributed by atoms with Gasteiger partial charge in [-0.2, -0.15) is 5.10 Å². The zero-order valence-electron chi connectivity index (χ0n) is 15.1. The first-order valence-corrected chi connectivity index (χ1v) is 9.95. The number of carbonyl (C=O) groups excluding carboxylic acids is 1. The van der Waals surface area contributed by atoms with Crippen LogP contribution in [0.2, 0.25) is 0 Å². The van der Waals surface area contributed by atoms with Crippen LogP contribution in [0.1, 0.15) is 24.6 Å². The monoisotopic (exact) mass is 424 g/mol. The van der Waals surface area contributed by atoms with Crippen LogP contribution >= 0.6 is 15.9 Å². The van der Waals surface area contributed by atoms with Crippen LogP contribution in [0.15, 0.2) is 66.0 Å². The fourth-order valence-electron chi connectivity index (χ4n) is 2.76. The van der Waals surface area contributed by atoms with Gasteiger partial charge in [-0.05, 0) is 35.7 Å². The number of amides is 1. The number of pyridine rings is 2. The van der Waals surface area contributed by atoms with Gasteiger partial charge in [0, 0.05) is 36.0 Å². The summed E-state index contributed by atoms with van der Waals surface area (Å²) in [7, 11) is 0. The summed E-state index contributed by atoms with van der Waals surface area (Å²) in [6, 6.07) is 15.7. The number of hydrogen-bond donors (Lipinski definition) is 1. The van der Waals surface area contributed by atoms with Crippen molar-refractivity contribution in [3.63, 3.8) is 0 Å². The van der Waals surface area contributed by atoms with E-state index >= 15 is 0 Å². The Bertz CT molecular complexity index is 938. The zero-order valence-corrected chi connectivity index (χ0v) is 16.7. The van der Waals surface area contributed by atoms with E-state index in [9.17, 15) is 4.79 Å². The molecule has 1 amide bonds. The number of hydrogen-bond acceptors (Lipinski definition) is 4. The van der Waals surface area contributed by atoms with Crippen molar-refractivity contribution < 1.29 is 4.79 Å². The largest absolute Gasteiger partial charge is 0.273 e. The quantitative estimate of drug-likeness (QED) is 0.352. The Morgan fingerprint density at radius 3 is 2.70 bits per heavy atom. The summed E-state index contributed by atoms with van der Waals surface area (Å²) in [5.74, 6) is 0.151. The lowest BCUT2D eigenvalue weighted by Gasteiger charge is -2.10. The molecule has 3 rings (SSSR count). The first-order chi connectivity index (χ1) is 13.2. The van der Waals surface area contributed by atoms with E-state index in [4.69, 9.17) is 0 Å². The van der Waals surface area contributed by atoms with Crippen LogP contribution in [-0.2, 0) is 11.2 Å². The van der Waals surface area contributed by atoms with Gasteiger partial charge >= 0.3 is 0 Å². The average Bonchev–Trinajstić information content (AvgIpc) is 2.71. The van der Waals surface area contributed by atoms with E-state index in [-0.39, 0.29) is 11.8 Å². The highest BCUT2D eigenvalue weighted by Gasteiger charge is 2.12. The fourth-order valence-corrected chi connectivity index (χ4v) is 2.99. The molecule has 0 fully saturated rings. The van der Waals surface area contributed by atoms with Crippen molar-refractivity contribution in [2.75, 3.05) is 5.33 Å². The minimum atomic E-state index is -0.102. The highest BCUT2D eigenvalue weighted by Crippen LogP contribution is 2.18. The van der Waals surface area contributed by atoms with E-state index in [0.29, 0.717) is 18.6 Å². The molecular formula is C21H21BrN4O. The van der Waals surface area contributed by atoms with Crippen LogP contribution in [0, 0.1) is 5.92 Å². The predicted molar refractivity (Wildman–Crippen MR) is 112 cm³/mol. The van der Waals surface area contributed by atoms with E-state index in [1.165, 1.54) is 0 Å². The van der Waals surface area contributed by atoms with Crippen molar-refractivity contribution in [3.8, 4) is 0 Å². The normalized spacial score (nSPS) is 12.7. The van der Waals surface area contributed by atoms with E-state index in [0.717, 1.165) is 27.5 Å². The minimum absolute atomic E-state index is 0.102. The summed E-state index contributed by atoms with van der Waals surface area (Å²) >= 11 is 3.40. The first-order valence-electron chi connectivity index (χ1n) is 8.82. The lowest BCUT2D eigenvalue weighted by Crippen LogP contribution is -2.23. The van der Waals surface area contributed by atoms with Gasteiger partial charge in [-0.3, -0.25) is 14.8 Å². The Balaban J connectivity index is 1.88. The highest BCUT2D eigenvalue weighted by atomic mass is 79.9. The number of para-hydroxylation sites is 1. The molecule has 0 aliphatic rings. The fraction of sp³-hybridized carbons (Fsp3) is 0.238.